The molecule has 0 unspecified atom stereocenters. The summed E-state index contributed by atoms with van der Waals surface area (Å²) in [5, 5.41) is 18.5. The quantitative estimate of drug-likeness (QED) is 0.615. The van der Waals surface area contributed by atoms with Crippen molar-refractivity contribution in [3.8, 4) is 34.8 Å². The van der Waals surface area contributed by atoms with Crippen LogP contribution in [-0.2, 0) is 11.2 Å². The van der Waals surface area contributed by atoms with E-state index in [1.54, 1.807) is 24.3 Å². The summed E-state index contributed by atoms with van der Waals surface area (Å²) >= 11 is 5.86. The van der Waals surface area contributed by atoms with Crippen LogP contribution < -0.4 is 4.74 Å². The molecule has 0 atom stereocenters. The Morgan fingerprint density at radius 1 is 1.03 bits per heavy atom. The third-order valence-electron chi connectivity index (χ3n) is 4.10. The van der Waals surface area contributed by atoms with Gasteiger partial charge in [0.15, 0.2) is 0 Å². The molecule has 0 spiro atoms. The van der Waals surface area contributed by atoms with Crippen LogP contribution in [0.4, 0.5) is 0 Å². The smallest absolute Gasteiger partial charge is 0.307 e. The number of carbonyl (C=O) groups is 1. The molecule has 0 saturated carbocycles. The summed E-state index contributed by atoms with van der Waals surface area (Å²) in [6.45, 7) is 0.148. The van der Waals surface area contributed by atoms with Crippen LogP contribution in [0.2, 0.25) is 5.02 Å². The first-order valence-electron chi connectivity index (χ1n) is 8.77. The Morgan fingerprint density at radius 3 is 2.55 bits per heavy atom. The lowest BCUT2D eigenvalue weighted by Crippen LogP contribution is -1.99. The van der Waals surface area contributed by atoms with Gasteiger partial charge in [0.2, 0.25) is 0 Å². The minimum atomic E-state index is -0.851. The number of benzene rings is 3. The van der Waals surface area contributed by atoms with Gasteiger partial charge in [0, 0.05) is 10.6 Å². The van der Waals surface area contributed by atoms with Crippen molar-refractivity contribution < 1.29 is 14.6 Å². The average Bonchev–Trinajstić information content (AvgIpc) is 2.72. The number of carboxylic acid groups (broad SMARTS) is 1. The third kappa shape index (κ3) is 5.62. The normalized spacial score (nSPS) is 9.79. The Hall–Kier alpha value is -3.73. The van der Waals surface area contributed by atoms with Crippen molar-refractivity contribution in [3.63, 3.8) is 0 Å². The van der Waals surface area contributed by atoms with Gasteiger partial charge in [0.05, 0.1) is 12.0 Å². The van der Waals surface area contributed by atoms with Crippen molar-refractivity contribution in [2.75, 3.05) is 6.61 Å². The zero-order valence-electron chi connectivity index (χ0n) is 15.4. The molecule has 0 heterocycles. The Labute approximate surface area is 173 Å². The summed E-state index contributed by atoms with van der Waals surface area (Å²) in [6.07, 6.45) is -0.00145. The van der Waals surface area contributed by atoms with Crippen LogP contribution >= 0.6 is 11.6 Å². The SMILES string of the molecule is N#Cc1cc(Cl)ccc1OCC#Cc1ccc(-c2cccc(CC(=O)O)c2)cc1. The minimum Gasteiger partial charge on any atom is -0.481 e. The molecule has 0 aromatic heterocycles. The summed E-state index contributed by atoms with van der Waals surface area (Å²) in [7, 11) is 0. The molecular formula is C24H16ClNO3. The monoisotopic (exact) mass is 401 g/mol. The molecule has 0 aliphatic carbocycles. The standard InChI is InChI=1S/C24H16ClNO3/c25-22-10-11-23(21(15-22)16-26)29-12-2-4-17-6-8-19(9-7-17)20-5-1-3-18(13-20)14-24(27)28/h1,3,5-11,13,15H,12,14H2,(H,27,28). The van der Waals surface area contributed by atoms with E-state index in [0.717, 1.165) is 22.3 Å². The minimum absolute atomic E-state index is 0.00145. The van der Waals surface area contributed by atoms with E-state index in [9.17, 15) is 4.79 Å². The maximum atomic E-state index is 10.9. The van der Waals surface area contributed by atoms with Crippen molar-refractivity contribution in [2.45, 2.75) is 6.42 Å². The molecule has 0 bridgehead atoms. The van der Waals surface area contributed by atoms with Gasteiger partial charge in [-0.25, -0.2) is 0 Å². The van der Waals surface area contributed by atoms with Crippen molar-refractivity contribution in [1.29, 1.82) is 5.26 Å². The molecule has 0 fully saturated rings. The third-order valence-corrected chi connectivity index (χ3v) is 4.33. The molecular weight excluding hydrogens is 386 g/mol. The Balaban J connectivity index is 1.65. The van der Waals surface area contributed by atoms with Gasteiger partial charge in [-0.15, -0.1) is 0 Å². The second-order valence-corrected chi connectivity index (χ2v) is 6.63. The zero-order valence-corrected chi connectivity index (χ0v) is 16.1. The summed E-state index contributed by atoms with van der Waals surface area (Å²) in [5.74, 6) is 5.54. The number of nitrogens with zero attached hydrogens (tertiary/aromatic N) is 1. The van der Waals surface area contributed by atoms with E-state index < -0.39 is 5.97 Å². The van der Waals surface area contributed by atoms with Crippen molar-refractivity contribution in [1.82, 2.24) is 0 Å². The highest BCUT2D eigenvalue weighted by Gasteiger charge is 2.04. The number of ether oxygens (including phenoxy) is 1. The van der Waals surface area contributed by atoms with E-state index in [1.165, 1.54) is 0 Å². The van der Waals surface area contributed by atoms with E-state index in [0.29, 0.717) is 16.3 Å². The highest BCUT2D eigenvalue weighted by Crippen LogP contribution is 2.22. The molecule has 1 N–H and O–H groups in total. The molecule has 0 saturated heterocycles. The maximum Gasteiger partial charge on any atom is 0.307 e. The highest BCUT2D eigenvalue weighted by atomic mass is 35.5. The molecule has 3 aromatic carbocycles. The second-order valence-electron chi connectivity index (χ2n) is 6.19. The lowest BCUT2D eigenvalue weighted by molar-refractivity contribution is -0.136. The molecule has 0 aliphatic rings. The van der Waals surface area contributed by atoms with Gasteiger partial charge in [0.1, 0.15) is 18.4 Å². The first kappa shape index (κ1) is 20.0. The van der Waals surface area contributed by atoms with E-state index in [2.05, 4.69) is 11.8 Å². The van der Waals surface area contributed by atoms with E-state index in [1.807, 2.05) is 48.5 Å². The topological polar surface area (TPSA) is 70.3 Å². The van der Waals surface area contributed by atoms with Gasteiger partial charge < -0.3 is 9.84 Å². The van der Waals surface area contributed by atoms with Gasteiger partial charge >= 0.3 is 5.97 Å². The zero-order chi connectivity index (χ0) is 20.6. The van der Waals surface area contributed by atoms with Crippen LogP contribution in [0.15, 0.2) is 66.7 Å². The van der Waals surface area contributed by atoms with E-state index >= 15 is 0 Å². The maximum absolute atomic E-state index is 10.9. The number of rotatable bonds is 5. The Bertz CT molecular complexity index is 1140. The predicted octanol–water partition coefficient (Wildman–Crippen LogP) is 4.94. The lowest BCUT2D eigenvalue weighted by atomic mass is 10.0. The van der Waals surface area contributed by atoms with Crippen molar-refractivity contribution >= 4 is 17.6 Å². The largest absolute Gasteiger partial charge is 0.481 e. The fourth-order valence-corrected chi connectivity index (χ4v) is 2.92. The summed E-state index contributed by atoms with van der Waals surface area (Å²) in [4.78, 5) is 10.9. The van der Waals surface area contributed by atoms with Crippen LogP contribution in [0.3, 0.4) is 0 Å². The van der Waals surface area contributed by atoms with Crippen LogP contribution in [0.25, 0.3) is 11.1 Å². The molecule has 4 nitrogen and oxygen atoms in total. The Morgan fingerprint density at radius 2 is 1.83 bits per heavy atom. The fourth-order valence-electron chi connectivity index (χ4n) is 2.75. The summed E-state index contributed by atoms with van der Waals surface area (Å²) in [6, 6.07) is 22.1. The molecule has 3 rings (SSSR count). The molecule has 5 heteroatoms. The number of nitriles is 1. The molecule has 3 aromatic rings. The first-order valence-corrected chi connectivity index (χ1v) is 9.15. The van der Waals surface area contributed by atoms with Crippen LogP contribution in [0, 0.1) is 23.2 Å². The summed E-state index contributed by atoms with van der Waals surface area (Å²) in [5.41, 5.74) is 3.90. The van der Waals surface area contributed by atoms with Crippen molar-refractivity contribution in [2.24, 2.45) is 0 Å². The van der Waals surface area contributed by atoms with Gasteiger partial charge in [0.25, 0.3) is 0 Å². The van der Waals surface area contributed by atoms with Gasteiger partial charge in [-0.3, -0.25) is 4.79 Å². The van der Waals surface area contributed by atoms with Gasteiger partial charge in [-0.1, -0.05) is 59.8 Å². The number of aliphatic carboxylic acids is 1. The van der Waals surface area contributed by atoms with Crippen LogP contribution in [0.5, 0.6) is 5.75 Å². The van der Waals surface area contributed by atoms with Crippen LogP contribution in [0.1, 0.15) is 16.7 Å². The lowest BCUT2D eigenvalue weighted by Gasteiger charge is -2.05. The fraction of sp³-hybridized carbons (Fsp3) is 0.0833. The number of hydrogen-bond donors (Lipinski definition) is 1. The number of carboxylic acids is 1. The molecule has 29 heavy (non-hydrogen) atoms. The molecule has 142 valence electrons. The molecule has 0 radical (unpaired) electrons. The second kappa shape index (κ2) is 9.46. The molecule has 0 aliphatic heterocycles. The summed E-state index contributed by atoms with van der Waals surface area (Å²) < 4.78 is 5.54. The van der Waals surface area contributed by atoms with Crippen LogP contribution in [-0.4, -0.2) is 17.7 Å². The number of halogens is 1. The predicted molar refractivity (Wildman–Crippen MR) is 112 cm³/mol. The average molecular weight is 402 g/mol. The molecule has 0 amide bonds. The number of hydrogen-bond acceptors (Lipinski definition) is 3. The van der Waals surface area contributed by atoms with Crippen molar-refractivity contribution in [3.05, 3.63) is 88.4 Å². The Kier molecular flexibility index (Phi) is 6.53. The highest BCUT2D eigenvalue weighted by molar-refractivity contribution is 6.30. The van der Waals surface area contributed by atoms with E-state index in [-0.39, 0.29) is 13.0 Å². The van der Waals surface area contributed by atoms with Gasteiger partial charge in [-0.05, 0) is 47.0 Å². The first-order chi connectivity index (χ1) is 14.0. The van der Waals surface area contributed by atoms with E-state index in [4.69, 9.17) is 26.7 Å². The van der Waals surface area contributed by atoms with Gasteiger partial charge in [-0.2, -0.15) is 5.26 Å².